The highest BCUT2D eigenvalue weighted by molar-refractivity contribution is 8.03. The number of rotatable bonds is 3. The van der Waals surface area contributed by atoms with Crippen molar-refractivity contribution in [2.75, 3.05) is 13.1 Å². The van der Waals surface area contributed by atoms with Crippen LogP contribution < -0.4 is 5.32 Å². The molecular formula is C16H18FNOS. The summed E-state index contributed by atoms with van der Waals surface area (Å²) in [4.78, 5) is 1.83. The van der Waals surface area contributed by atoms with Crippen molar-refractivity contribution in [3.63, 3.8) is 0 Å². The fourth-order valence-corrected chi connectivity index (χ4v) is 3.78. The van der Waals surface area contributed by atoms with Gasteiger partial charge in [-0.1, -0.05) is 30.0 Å². The first-order valence-electron chi connectivity index (χ1n) is 6.94. The maximum atomic E-state index is 13.2. The minimum Gasteiger partial charge on any atom is -0.388 e. The van der Waals surface area contributed by atoms with E-state index in [1.165, 1.54) is 23.9 Å². The van der Waals surface area contributed by atoms with Gasteiger partial charge in [0.05, 0.1) is 6.10 Å². The summed E-state index contributed by atoms with van der Waals surface area (Å²) in [6, 6.07) is 6.53. The van der Waals surface area contributed by atoms with Crippen LogP contribution >= 0.6 is 11.8 Å². The van der Waals surface area contributed by atoms with Gasteiger partial charge < -0.3 is 10.4 Å². The number of benzene rings is 1. The van der Waals surface area contributed by atoms with Crippen molar-refractivity contribution in [2.45, 2.75) is 17.4 Å². The molecule has 1 fully saturated rings. The standard InChI is InChI=1S/C16H18FNOS/c17-12-2-1-3-13(8-12)20-14-4-5-15(16(19)9-14)11-6-7-18-10-11/h1-5,8-9,11,15-16,18-19H,6-7,10H2/t11-,15?,16?/m1/s1. The molecule has 2 nitrogen and oxygen atoms in total. The molecule has 0 aromatic heterocycles. The minimum atomic E-state index is -0.444. The molecule has 3 rings (SSSR count). The molecule has 2 unspecified atom stereocenters. The third kappa shape index (κ3) is 3.14. The lowest BCUT2D eigenvalue weighted by Gasteiger charge is -2.26. The van der Waals surface area contributed by atoms with Crippen molar-refractivity contribution < 1.29 is 9.50 Å². The van der Waals surface area contributed by atoms with Crippen molar-refractivity contribution in [3.05, 3.63) is 53.2 Å². The van der Waals surface area contributed by atoms with Crippen molar-refractivity contribution >= 4 is 11.8 Å². The van der Waals surface area contributed by atoms with Crippen molar-refractivity contribution in [1.29, 1.82) is 0 Å². The highest BCUT2D eigenvalue weighted by Gasteiger charge is 2.29. The summed E-state index contributed by atoms with van der Waals surface area (Å²) < 4.78 is 13.2. The SMILES string of the molecule is OC1C=C(Sc2cccc(F)c2)C=CC1[C@@H]1CCNC1. The van der Waals surface area contributed by atoms with Gasteiger partial charge in [-0.3, -0.25) is 0 Å². The van der Waals surface area contributed by atoms with Crippen LogP contribution in [-0.2, 0) is 0 Å². The summed E-state index contributed by atoms with van der Waals surface area (Å²) in [6.07, 6.45) is 6.71. The van der Waals surface area contributed by atoms with E-state index >= 15 is 0 Å². The van der Waals surface area contributed by atoms with Crippen molar-refractivity contribution in [1.82, 2.24) is 5.32 Å². The van der Waals surface area contributed by atoms with Crippen LogP contribution in [-0.4, -0.2) is 24.3 Å². The van der Waals surface area contributed by atoms with Crippen LogP contribution in [0.4, 0.5) is 4.39 Å². The molecule has 1 aliphatic heterocycles. The van der Waals surface area contributed by atoms with E-state index in [0.29, 0.717) is 5.92 Å². The predicted molar refractivity (Wildman–Crippen MR) is 80.0 cm³/mol. The molecule has 0 spiro atoms. The van der Waals surface area contributed by atoms with E-state index in [1.807, 2.05) is 18.2 Å². The summed E-state index contributed by atoms with van der Waals surface area (Å²) >= 11 is 1.49. The first kappa shape index (κ1) is 13.9. The zero-order valence-corrected chi connectivity index (χ0v) is 11.9. The van der Waals surface area contributed by atoms with E-state index in [-0.39, 0.29) is 11.7 Å². The first-order chi connectivity index (χ1) is 9.72. The van der Waals surface area contributed by atoms with Gasteiger partial charge in [0.2, 0.25) is 0 Å². The monoisotopic (exact) mass is 291 g/mol. The third-order valence-corrected chi connectivity index (χ3v) is 4.88. The average Bonchev–Trinajstić information content (AvgIpc) is 2.92. The Morgan fingerprint density at radius 1 is 1.35 bits per heavy atom. The second-order valence-corrected chi connectivity index (χ2v) is 6.46. The number of aliphatic hydroxyl groups excluding tert-OH is 1. The molecule has 106 valence electrons. The van der Waals surface area contributed by atoms with E-state index in [9.17, 15) is 9.50 Å². The van der Waals surface area contributed by atoms with Gasteiger partial charge in [-0.15, -0.1) is 0 Å². The number of nitrogens with one attached hydrogen (secondary N) is 1. The lowest BCUT2D eigenvalue weighted by Crippen LogP contribution is -2.28. The van der Waals surface area contributed by atoms with Gasteiger partial charge in [0.15, 0.2) is 0 Å². The van der Waals surface area contributed by atoms with E-state index in [4.69, 9.17) is 0 Å². The number of hydrogen-bond donors (Lipinski definition) is 2. The number of hydrogen-bond acceptors (Lipinski definition) is 3. The predicted octanol–water partition coefficient (Wildman–Crippen LogP) is 2.96. The number of aliphatic hydroxyl groups is 1. The van der Waals surface area contributed by atoms with Crippen LogP contribution in [0, 0.1) is 17.7 Å². The van der Waals surface area contributed by atoms with Gasteiger partial charge >= 0.3 is 0 Å². The fourth-order valence-electron chi connectivity index (χ4n) is 2.83. The molecule has 0 saturated carbocycles. The molecule has 1 aliphatic carbocycles. The van der Waals surface area contributed by atoms with Crippen molar-refractivity contribution in [3.8, 4) is 0 Å². The quantitative estimate of drug-likeness (QED) is 0.898. The molecule has 2 N–H and O–H groups in total. The molecule has 3 atom stereocenters. The van der Waals surface area contributed by atoms with Crippen LogP contribution in [0.2, 0.25) is 0 Å². The maximum Gasteiger partial charge on any atom is 0.124 e. The Labute approximate surface area is 122 Å². The Balaban J connectivity index is 1.68. The molecule has 4 heteroatoms. The molecule has 0 amide bonds. The number of allylic oxidation sites excluding steroid dienone is 1. The smallest absolute Gasteiger partial charge is 0.124 e. The van der Waals surface area contributed by atoms with Gasteiger partial charge in [0.25, 0.3) is 0 Å². The van der Waals surface area contributed by atoms with Gasteiger partial charge in [-0.05, 0) is 49.7 Å². The van der Waals surface area contributed by atoms with Crippen LogP contribution in [0.1, 0.15) is 6.42 Å². The Bertz CT molecular complexity index is 537. The lowest BCUT2D eigenvalue weighted by molar-refractivity contribution is 0.143. The zero-order chi connectivity index (χ0) is 13.9. The van der Waals surface area contributed by atoms with E-state index in [1.54, 1.807) is 6.07 Å². The molecule has 0 bridgehead atoms. The van der Waals surface area contributed by atoms with E-state index in [0.717, 1.165) is 29.3 Å². The molecule has 2 aliphatic rings. The average molecular weight is 291 g/mol. The molecule has 0 radical (unpaired) electrons. The maximum absolute atomic E-state index is 13.2. The Kier molecular flexibility index (Phi) is 4.24. The van der Waals surface area contributed by atoms with Gasteiger partial charge in [0, 0.05) is 15.7 Å². The second kappa shape index (κ2) is 6.12. The van der Waals surface area contributed by atoms with Crippen molar-refractivity contribution in [2.24, 2.45) is 11.8 Å². The largest absolute Gasteiger partial charge is 0.388 e. The number of halogens is 1. The van der Waals surface area contributed by atoms with Crippen LogP contribution in [0.3, 0.4) is 0 Å². The first-order valence-corrected chi connectivity index (χ1v) is 7.76. The minimum absolute atomic E-state index is 0.196. The summed E-state index contributed by atoms with van der Waals surface area (Å²) in [5.41, 5.74) is 0. The highest BCUT2D eigenvalue weighted by atomic mass is 32.2. The Morgan fingerprint density at radius 3 is 2.95 bits per heavy atom. The second-order valence-electron chi connectivity index (χ2n) is 5.31. The molecular weight excluding hydrogens is 273 g/mol. The summed E-state index contributed by atoms with van der Waals surface area (Å²) in [7, 11) is 0. The number of thioether (sulfide) groups is 1. The molecule has 1 heterocycles. The van der Waals surface area contributed by atoms with E-state index < -0.39 is 6.10 Å². The summed E-state index contributed by atoms with van der Waals surface area (Å²) in [5, 5.41) is 13.6. The molecule has 1 aromatic rings. The van der Waals surface area contributed by atoms with Crippen LogP contribution in [0.5, 0.6) is 0 Å². The third-order valence-electron chi connectivity index (χ3n) is 3.89. The molecule has 20 heavy (non-hydrogen) atoms. The fraction of sp³-hybridized carbons (Fsp3) is 0.375. The Morgan fingerprint density at radius 2 is 2.25 bits per heavy atom. The van der Waals surface area contributed by atoms with Crippen LogP contribution in [0.25, 0.3) is 0 Å². The zero-order valence-electron chi connectivity index (χ0n) is 11.1. The molecule has 1 saturated heterocycles. The Hall–Kier alpha value is -1.10. The van der Waals surface area contributed by atoms with Gasteiger partial charge in [-0.2, -0.15) is 0 Å². The highest BCUT2D eigenvalue weighted by Crippen LogP contribution is 2.35. The normalized spacial score (nSPS) is 29.5. The lowest BCUT2D eigenvalue weighted by atomic mass is 9.84. The van der Waals surface area contributed by atoms with E-state index in [2.05, 4.69) is 11.4 Å². The van der Waals surface area contributed by atoms with Crippen LogP contribution in [0.15, 0.2) is 52.3 Å². The van der Waals surface area contributed by atoms with Gasteiger partial charge in [0.1, 0.15) is 5.82 Å². The molecule has 1 aromatic carbocycles. The van der Waals surface area contributed by atoms with Gasteiger partial charge in [-0.25, -0.2) is 4.39 Å². The summed E-state index contributed by atoms with van der Waals surface area (Å²) in [5.74, 6) is 0.478. The topological polar surface area (TPSA) is 32.3 Å². The summed E-state index contributed by atoms with van der Waals surface area (Å²) in [6.45, 7) is 2.02.